The van der Waals surface area contributed by atoms with Gasteiger partial charge in [0.05, 0.1) is 10.9 Å². The molecule has 2 atom stereocenters. The summed E-state index contributed by atoms with van der Waals surface area (Å²) in [5.74, 6) is 0.368. The largest absolute Gasteiger partial charge is 0.300 e. The number of thioether (sulfide) groups is 1. The molecular formula is C11H13NOS. The molecule has 0 N–H and O–H groups in total. The molecule has 14 heavy (non-hydrogen) atoms. The molecule has 2 heterocycles. The third-order valence-corrected chi connectivity index (χ3v) is 3.71. The Hall–Kier alpha value is -0.830. The first-order chi connectivity index (χ1) is 6.75. The molecule has 2 rings (SSSR count). The zero-order valence-electron chi connectivity index (χ0n) is 8.14. The molecule has 2 nitrogen and oxygen atoms in total. The molecule has 1 aliphatic rings. The van der Waals surface area contributed by atoms with Gasteiger partial charge in [-0.15, -0.1) is 11.8 Å². The van der Waals surface area contributed by atoms with Gasteiger partial charge >= 0.3 is 0 Å². The first kappa shape index (κ1) is 9.71. The van der Waals surface area contributed by atoms with Gasteiger partial charge in [0.25, 0.3) is 0 Å². The molecule has 74 valence electrons. The van der Waals surface area contributed by atoms with Crippen LogP contribution in [0, 0.1) is 0 Å². The molecule has 3 heteroatoms. The van der Waals surface area contributed by atoms with E-state index in [0.717, 1.165) is 5.69 Å². The minimum absolute atomic E-state index is 0.271. The molecule has 1 aromatic rings. The molecule has 0 amide bonds. The maximum atomic E-state index is 11.4. The van der Waals surface area contributed by atoms with Gasteiger partial charge in [-0.25, -0.2) is 0 Å². The van der Waals surface area contributed by atoms with Crippen LogP contribution in [-0.2, 0) is 4.79 Å². The van der Waals surface area contributed by atoms with E-state index in [1.807, 2.05) is 30.0 Å². The summed E-state index contributed by atoms with van der Waals surface area (Å²) in [5.41, 5.74) is 1.04. The summed E-state index contributed by atoms with van der Waals surface area (Å²) in [6, 6.07) is 5.89. The van der Waals surface area contributed by atoms with Crippen LogP contribution in [0.25, 0.3) is 0 Å². The fourth-order valence-electron chi connectivity index (χ4n) is 1.73. The van der Waals surface area contributed by atoms with E-state index in [9.17, 15) is 4.79 Å². The number of hydrogen-bond donors (Lipinski definition) is 0. The Labute approximate surface area is 88.1 Å². The fraction of sp³-hybridized carbons (Fsp3) is 0.455. The van der Waals surface area contributed by atoms with E-state index in [1.54, 1.807) is 6.20 Å². The lowest BCUT2D eigenvalue weighted by atomic mass is 10.1. The van der Waals surface area contributed by atoms with Gasteiger partial charge in [-0.2, -0.15) is 0 Å². The highest BCUT2D eigenvalue weighted by Crippen LogP contribution is 2.39. The highest BCUT2D eigenvalue weighted by molar-refractivity contribution is 8.00. The summed E-state index contributed by atoms with van der Waals surface area (Å²) in [5, 5.41) is 0.704. The van der Waals surface area contributed by atoms with Crippen LogP contribution < -0.4 is 0 Å². The van der Waals surface area contributed by atoms with Crippen molar-refractivity contribution in [2.24, 2.45) is 0 Å². The van der Waals surface area contributed by atoms with Gasteiger partial charge in [-0.05, 0) is 12.1 Å². The molecule has 0 radical (unpaired) electrons. The Bertz CT molecular complexity index is 325. The second-order valence-corrected chi connectivity index (χ2v) is 5.28. The van der Waals surface area contributed by atoms with E-state index in [0.29, 0.717) is 23.9 Å². The van der Waals surface area contributed by atoms with Crippen LogP contribution in [0.5, 0.6) is 0 Å². The first-order valence-electron chi connectivity index (χ1n) is 4.84. The summed E-state index contributed by atoms with van der Waals surface area (Å²) in [6.07, 6.45) is 3.15. The van der Waals surface area contributed by atoms with E-state index < -0.39 is 0 Å². The van der Waals surface area contributed by atoms with Crippen LogP contribution in [-0.4, -0.2) is 16.0 Å². The molecule has 1 saturated heterocycles. The summed E-state index contributed by atoms with van der Waals surface area (Å²) in [4.78, 5) is 15.7. The Balaban J connectivity index is 2.15. The van der Waals surface area contributed by atoms with Crippen molar-refractivity contribution in [3.63, 3.8) is 0 Å². The van der Waals surface area contributed by atoms with Crippen molar-refractivity contribution in [2.45, 2.75) is 30.3 Å². The molecule has 2 unspecified atom stereocenters. The number of nitrogens with zero attached hydrogens (tertiary/aromatic N) is 1. The average molecular weight is 207 g/mol. The van der Waals surface area contributed by atoms with Crippen molar-refractivity contribution in [1.82, 2.24) is 4.98 Å². The number of carbonyl (C=O) groups is 1. The van der Waals surface area contributed by atoms with E-state index in [4.69, 9.17) is 0 Å². The number of pyridine rings is 1. The number of hydrogen-bond acceptors (Lipinski definition) is 3. The number of Topliss-reactive ketones (excluding diaryl/α,β-unsaturated/α-hetero) is 1. The molecule has 0 bridgehead atoms. The molecule has 0 aliphatic carbocycles. The number of carbonyl (C=O) groups excluding carboxylic acids is 1. The molecule has 1 fully saturated rings. The lowest BCUT2D eigenvalue weighted by Crippen LogP contribution is -2.18. The monoisotopic (exact) mass is 207 g/mol. The molecule has 1 aliphatic heterocycles. The van der Waals surface area contributed by atoms with Crippen LogP contribution in [0.2, 0.25) is 0 Å². The van der Waals surface area contributed by atoms with Gasteiger partial charge in [0.15, 0.2) is 0 Å². The highest BCUT2D eigenvalue weighted by Gasteiger charge is 2.26. The number of rotatable bonds is 1. The predicted octanol–water partition coefficient (Wildman–Crippen LogP) is 2.61. The standard InChI is InChI=1S/C11H13NOS/c1-8-6-9(13)7-11(14-8)10-4-2-3-5-12-10/h2-5,8,11H,6-7H2,1H3. The average Bonchev–Trinajstić information content (AvgIpc) is 2.18. The minimum Gasteiger partial charge on any atom is -0.300 e. The van der Waals surface area contributed by atoms with E-state index in [1.165, 1.54) is 0 Å². The van der Waals surface area contributed by atoms with Gasteiger partial charge < -0.3 is 0 Å². The van der Waals surface area contributed by atoms with Crippen molar-refractivity contribution < 1.29 is 4.79 Å². The van der Waals surface area contributed by atoms with Gasteiger partial charge in [0.1, 0.15) is 5.78 Å². The predicted molar refractivity (Wildman–Crippen MR) is 58.3 cm³/mol. The molecule has 0 saturated carbocycles. The van der Waals surface area contributed by atoms with Crippen LogP contribution >= 0.6 is 11.8 Å². The van der Waals surface area contributed by atoms with Crippen molar-refractivity contribution in [3.8, 4) is 0 Å². The normalized spacial score (nSPS) is 27.6. The van der Waals surface area contributed by atoms with Crippen molar-refractivity contribution in [2.75, 3.05) is 0 Å². The Morgan fingerprint density at radius 3 is 2.93 bits per heavy atom. The first-order valence-corrected chi connectivity index (χ1v) is 5.78. The van der Waals surface area contributed by atoms with Gasteiger partial charge in [0.2, 0.25) is 0 Å². The summed E-state index contributed by atoms with van der Waals surface area (Å²) < 4.78 is 0. The fourth-order valence-corrected chi connectivity index (χ4v) is 3.13. The molecule has 0 spiro atoms. The van der Waals surface area contributed by atoms with Crippen molar-refractivity contribution >= 4 is 17.5 Å². The quantitative estimate of drug-likeness (QED) is 0.709. The maximum Gasteiger partial charge on any atom is 0.135 e. The summed E-state index contributed by atoms with van der Waals surface area (Å²) in [7, 11) is 0. The second kappa shape index (κ2) is 4.13. The van der Waals surface area contributed by atoms with Gasteiger partial charge in [-0.1, -0.05) is 13.0 Å². The summed E-state index contributed by atoms with van der Waals surface area (Å²) in [6.45, 7) is 2.11. The van der Waals surface area contributed by atoms with E-state index in [-0.39, 0.29) is 5.25 Å². The lowest BCUT2D eigenvalue weighted by molar-refractivity contribution is -0.119. The zero-order valence-corrected chi connectivity index (χ0v) is 8.96. The molecular weight excluding hydrogens is 194 g/mol. The lowest BCUT2D eigenvalue weighted by Gasteiger charge is -2.24. The van der Waals surface area contributed by atoms with Crippen LogP contribution in [0.3, 0.4) is 0 Å². The van der Waals surface area contributed by atoms with Crippen molar-refractivity contribution in [1.29, 1.82) is 0 Å². The van der Waals surface area contributed by atoms with E-state index >= 15 is 0 Å². The third-order valence-electron chi connectivity index (χ3n) is 2.34. The maximum absolute atomic E-state index is 11.4. The SMILES string of the molecule is CC1CC(=O)CC(c2ccccn2)S1. The van der Waals surface area contributed by atoms with Crippen LogP contribution in [0.1, 0.15) is 30.7 Å². The smallest absolute Gasteiger partial charge is 0.135 e. The zero-order chi connectivity index (χ0) is 9.97. The van der Waals surface area contributed by atoms with Crippen LogP contribution in [0.4, 0.5) is 0 Å². The van der Waals surface area contributed by atoms with Crippen LogP contribution in [0.15, 0.2) is 24.4 Å². The van der Waals surface area contributed by atoms with Crippen molar-refractivity contribution in [3.05, 3.63) is 30.1 Å². The Morgan fingerprint density at radius 2 is 2.29 bits per heavy atom. The number of aromatic nitrogens is 1. The van der Waals surface area contributed by atoms with E-state index in [2.05, 4.69) is 11.9 Å². The minimum atomic E-state index is 0.271. The Morgan fingerprint density at radius 1 is 1.43 bits per heavy atom. The number of ketones is 1. The Kier molecular flexibility index (Phi) is 2.87. The molecule has 0 aromatic carbocycles. The molecule has 1 aromatic heterocycles. The second-order valence-electron chi connectivity index (χ2n) is 3.64. The van der Waals surface area contributed by atoms with Gasteiger partial charge in [0, 0.05) is 24.3 Å². The van der Waals surface area contributed by atoms with Gasteiger partial charge in [-0.3, -0.25) is 9.78 Å². The third kappa shape index (κ3) is 2.15. The topological polar surface area (TPSA) is 30.0 Å². The highest BCUT2D eigenvalue weighted by atomic mass is 32.2. The summed E-state index contributed by atoms with van der Waals surface area (Å²) >= 11 is 1.86.